The number of nitrogens with two attached hydrogens (primary N) is 1. The second-order valence-electron chi connectivity index (χ2n) is 7.02. The molecule has 7 nitrogen and oxygen atoms in total. The normalized spacial score (nSPS) is 17.5. The lowest BCUT2D eigenvalue weighted by atomic mass is 9.93. The molecule has 2 aliphatic rings. The molecule has 0 bridgehead atoms. The van der Waals surface area contributed by atoms with E-state index in [1.165, 1.54) is 19.3 Å². The molecule has 2 heterocycles. The number of hydrogen-bond acceptors (Lipinski definition) is 6. The maximum atomic E-state index is 12.2. The summed E-state index contributed by atoms with van der Waals surface area (Å²) in [7, 11) is 0. The maximum absolute atomic E-state index is 12.2. The zero-order valence-corrected chi connectivity index (χ0v) is 15.6. The number of hydrogen-bond donors (Lipinski definition) is 2. The molecule has 3 N–H and O–H groups in total. The predicted molar refractivity (Wildman–Crippen MR) is 108 cm³/mol. The van der Waals surface area contributed by atoms with Crippen LogP contribution in [0, 0.1) is 4.91 Å². The number of allylic oxidation sites excluding steroid dienone is 4. The minimum absolute atomic E-state index is 0.147. The van der Waals surface area contributed by atoms with Crippen molar-refractivity contribution in [2.45, 2.75) is 57.9 Å². The summed E-state index contributed by atoms with van der Waals surface area (Å²) in [4.78, 5) is 32.8. The Balaban J connectivity index is 0.000000221. The average molecular weight is 367 g/mol. The Kier molecular flexibility index (Phi) is 6.11. The summed E-state index contributed by atoms with van der Waals surface area (Å²) in [6.07, 6.45) is 13.6. The molecule has 4 rings (SSSR count). The molecule has 0 radical (unpaired) electrons. The second-order valence-corrected chi connectivity index (χ2v) is 7.02. The van der Waals surface area contributed by atoms with Gasteiger partial charge in [-0.05, 0) is 49.8 Å². The number of aromatic nitrogens is 3. The van der Waals surface area contributed by atoms with Crippen LogP contribution in [0.4, 0.5) is 5.95 Å². The number of nitroso groups, excluding NO2 is 1. The lowest BCUT2D eigenvalue weighted by Gasteiger charge is -2.13. The molecule has 142 valence electrons. The number of nitrogens with zero attached hydrogens (tertiary/aromatic N) is 3. The van der Waals surface area contributed by atoms with Crippen LogP contribution in [0.1, 0.15) is 57.4 Å². The molecule has 1 fully saturated rings. The van der Waals surface area contributed by atoms with E-state index in [2.05, 4.69) is 32.3 Å². The van der Waals surface area contributed by atoms with E-state index >= 15 is 0 Å². The first kappa shape index (κ1) is 18.9. The Hall–Kier alpha value is -2.83. The van der Waals surface area contributed by atoms with Crippen molar-refractivity contribution in [3.8, 4) is 0 Å². The summed E-state index contributed by atoms with van der Waals surface area (Å²) in [5.74, 6) is 0.156. The van der Waals surface area contributed by atoms with E-state index in [4.69, 9.17) is 5.73 Å². The van der Waals surface area contributed by atoms with Crippen LogP contribution in [-0.4, -0.2) is 21.0 Å². The zero-order valence-electron chi connectivity index (χ0n) is 15.6. The smallest absolute Gasteiger partial charge is 0.257 e. The Bertz CT molecular complexity index is 939. The van der Waals surface area contributed by atoms with E-state index in [9.17, 15) is 9.70 Å². The summed E-state index contributed by atoms with van der Waals surface area (Å²) in [5.41, 5.74) is 8.62. The summed E-state index contributed by atoms with van der Waals surface area (Å²) in [6, 6.07) is 1.98. The molecule has 0 atom stereocenters. The summed E-state index contributed by atoms with van der Waals surface area (Å²) in [5, 5.41) is 3.78. The predicted octanol–water partition coefficient (Wildman–Crippen LogP) is 4.11. The third-order valence-corrected chi connectivity index (χ3v) is 5.02. The summed E-state index contributed by atoms with van der Waals surface area (Å²) >= 11 is 0. The van der Waals surface area contributed by atoms with Gasteiger partial charge in [-0.1, -0.05) is 36.6 Å². The van der Waals surface area contributed by atoms with Crippen LogP contribution in [0.15, 0.2) is 40.0 Å². The quantitative estimate of drug-likeness (QED) is 0.775. The van der Waals surface area contributed by atoms with E-state index in [0.717, 1.165) is 42.2 Å². The number of nitrogen functional groups attached to an aromatic ring is 1. The van der Waals surface area contributed by atoms with E-state index in [1.54, 1.807) is 6.20 Å². The number of pyridine rings is 1. The number of anilines is 1. The van der Waals surface area contributed by atoms with Gasteiger partial charge in [0.2, 0.25) is 5.95 Å². The third-order valence-electron chi connectivity index (χ3n) is 5.02. The molecule has 2 aromatic heterocycles. The van der Waals surface area contributed by atoms with Gasteiger partial charge in [0.25, 0.3) is 5.56 Å². The molecule has 2 aromatic rings. The molecule has 7 heteroatoms. The minimum Gasteiger partial charge on any atom is -0.368 e. The van der Waals surface area contributed by atoms with Gasteiger partial charge in [0.05, 0.1) is 6.04 Å². The summed E-state index contributed by atoms with van der Waals surface area (Å²) in [6.45, 7) is 2.02. The fourth-order valence-electron chi connectivity index (χ4n) is 3.51. The number of nitrogens with one attached hydrogen (secondary N) is 1. The van der Waals surface area contributed by atoms with Crippen molar-refractivity contribution >= 4 is 22.6 Å². The second kappa shape index (κ2) is 8.70. The molecule has 0 aromatic carbocycles. The Morgan fingerprint density at radius 1 is 1.19 bits per heavy atom. The molecular formula is C20H25N5O2. The van der Waals surface area contributed by atoms with E-state index < -0.39 is 0 Å². The van der Waals surface area contributed by atoms with Gasteiger partial charge >= 0.3 is 0 Å². The maximum Gasteiger partial charge on any atom is 0.257 e. The standard InChI is InChI=1S/C14H14N4O.C6H11NO/c1-8-4-2-3-5-10(8)11-6-9-7-16-14(15)18-12(9)17-13(11)19;8-7-6-4-2-1-3-5-6/h4-7H,2-3H2,1H3,(H3,15,16,17,18,19);6H,1-5H2. The molecular weight excluding hydrogens is 342 g/mol. The minimum atomic E-state index is -0.147. The molecule has 0 aliphatic heterocycles. The molecule has 0 saturated heterocycles. The molecule has 0 amide bonds. The topological polar surface area (TPSA) is 114 Å². The van der Waals surface area contributed by atoms with Crippen molar-refractivity contribution in [1.29, 1.82) is 0 Å². The highest BCUT2D eigenvalue weighted by Gasteiger charge is 2.13. The van der Waals surface area contributed by atoms with Crippen LogP contribution < -0.4 is 11.3 Å². The molecule has 0 unspecified atom stereocenters. The van der Waals surface area contributed by atoms with E-state index in [-0.39, 0.29) is 17.5 Å². The van der Waals surface area contributed by atoms with Gasteiger partial charge in [0, 0.05) is 17.1 Å². The van der Waals surface area contributed by atoms with Crippen molar-refractivity contribution in [1.82, 2.24) is 15.0 Å². The van der Waals surface area contributed by atoms with Crippen LogP contribution >= 0.6 is 0 Å². The molecule has 2 aliphatic carbocycles. The van der Waals surface area contributed by atoms with Crippen LogP contribution in [0.3, 0.4) is 0 Å². The van der Waals surface area contributed by atoms with Crippen molar-refractivity contribution in [2.24, 2.45) is 5.18 Å². The van der Waals surface area contributed by atoms with Crippen molar-refractivity contribution < 1.29 is 0 Å². The van der Waals surface area contributed by atoms with Crippen LogP contribution in [0.5, 0.6) is 0 Å². The monoisotopic (exact) mass is 367 g/mol. The highest BCUT2D eigenvalue weighted by molar-refractivity contribution is 5.85. The largest absolute Gasteiger partial charge is 0.368 e. The van der Waals surface area contributed by atoms with Gasteiger partial charge in [-0.15, -0.1) is 0 Å². The average Bonchev–Trinajstić information content (AvgIpc) is 2.69. The molecule has 27 heavy (non-hydrogen) atoms. The first-order valence-electron chi connectivity index (χ1n) is 9.44. The third kappa shape index (κ3) is 4.67. The van der Waals surface area contributed by atoms with Gasteiger partial charge in [-0.25, -0.2) is 4.98 Å². The molecule has 0 spiro atoms. The van der Waals surface area contributed by atoms with E-state index in [1.807, 2.05) is 13.0 Å². The fraction of sp³-hybridized carbons (Fsp3) is 0.450. The van der Waals surface area contributed by atoms with Gasteiger partial charge in [-0.3, -0.25) is 4.79 Å². The van der Waals surface area contributed by atoms with Crippen LogP contribution in [-0.2, 0) is 0 Å². The van der Waals surface area contributed by atoms with Gasteiger partial charge < -0.3 is 10.7 Å². The number of H-pyrrole nitrogens is 1. The van der Waals surface area contributed by atoms with Crippen LogP contribution in [0.2, 0.25) is 0 Å². The van der Waals surface area contributed by atoms with Gasteiger partial charge in [0.15, 0.2) is 0 Å². The van der Waals surface area contributed by atoms with Gasteiger partial charge in [-0.2, -0.15) is 9.89 Å². The fourth-order valence-corrected chi connectivity index (χ4v) is 3.51. The Morgan fingerprint density at radius 2 is 1.93 bits per heavy atom. The first-order valence-corrected chi connectivity index (χ1v) is 9.44. The van der Waals surface area contributed by atoms with E-state index in [0.29, 0.717) is 11.2 Å². The van der Waals surface area contributed by atoms with Crippen LogP contribution in [0.25, 0.3) is 16.6 Å². The highest BCUT2D eigenvalue weighted by atomic mass is 16.3. The first-order chi connectivity index (χ1) is 13.1. The number of rotatable bonds is 2. The SMILES string of the molecule is CC1=CCCC=C1c1cc2cnc(N)nc2[nH]c1=O.O=NC1CCCCC1. The van der Waals surface area contributed by atoms with Crippen molar-refractivity contribution in [2.75, 3.05) is 5.73 Å². The molecule has 1 saturated carbocycles. The number of aromatic amines is 1. The lowest BCUT2D eigenvalue weighted by molar-refractivity contribution is 0.441. The Morgan fingerprint density at radius 3 is 2.59 bits per heavy atom. The summed E-state index contributed by atoms with van der Waals surface area (Å²) < 4.78 is 0. The van der Waals surface area contributed by atoms with Crippen molar-refractivity contribution in [3.05, 3.63) is 50.8 Å². The highest BCUT2D eigenvalue weighted by Crippen LogP contribution is 2.26. The van der Waals surface area contributed by atoms with Gasteiger partial charge in [0.1, 0.15) is 5.65 Å². The van der Waals surface area contributed by atoms with Crippen molar-refractivity contribution in [3.63, 3.8) is 0 Å². The number of fused-ring (bicyclic) bond motifs is 1. The Labute approximate surface area is 157 Å². The zero-order chi connectivity index (χ0) is 19.2. The lowest BCUT2D eigenvalue weighted by Crippen LogP contribution is -2.14.